The summed E-state index contributed by atoms with van der Waals surface area (Å²) in [5, 5.41) is 22.1. The third kappa shape index (κ3) is 5.12. The van der Waals surface area contributed by atoms with Crippen LogP contribution in [0.5, 0.6) is 11.5 Å². The van der Waals surface area contributed by atoms with Crippen molar-refractivity contribution in [2.45, 2.75) is 13.5 Å². The number of aromatic amines is 1. The van der Waals surface area contributed by atoms with Crippen molar-refractivity contribution >= 4 is 22.6 Å². The first-order valence-corrected chi connectivity index (χ1v) is 12.1. The number of pyridine rings is 1. The number of aromatic nitrogens is 3. The number of nitrogens with one attached hydrogen (secondary N) is 2. The van der Waals surface area contributed by atoms with Gasteiger partial charge in [0.25, 0.3) is 11.6 Å². The molecule has 2 aromatic heterocycles. The van der Waals surface area contributed by atoms with Crippen molar-refractivity contribution in [1.82, 2.24) is 20.5 Å². The predicted molar refractivity (Wildman–Crippen MR) is 147 cm³/mol. The molecular weight excluding hydrogens is 498 g/mol. The second-order valence-electron chi connectivity index (χ2n) is 8.89. The van der Waals surface area contributed by atoms with E-state index in [9.17, 15) is 14.9 Å². The molecule has 0 aliphatic rings. The molecule has 10 heteroatoms. The number of carbonyl (C=O) groups excluding carboxylic acids is 1. The SMILES string of the molecule is COc1ccc(OC)c(-c2cc(C(=O)NCc3ccc(C)cc3)c3c(-c4cccc([N+](=O)[O-])c4)[nH]nc3n2)c1. The topological polar surface area (TPSA) is 132 Å². The minimum absolute atomic E-state index is 0.0775. The van der Waals surface area contributed by atoms with Crippen LogP contribution in [0.1, 0.15) is 21.5 Å². The summed E-state index contributed by atoms with van der Waals surface area (Å²) in [6.07, 6.45) is 0. The third-order valence-electron chi connectivity index (χ3n) is 6.37. The Morgan fingerprint density at radius 2 is 1.82 bits per heavy atom. The molecule has 3 aromatic carbocycles. The van der Waals surface area contributed by atoms with Gasteiger partial charge in [-0.25, -0.2) is 4.98 Å². The molecule has 1 amide bonds. The van der Waals surface area contributed by atoms with Crippen molar-refractivity contribution in [3.63, 3.8) is 0 Å². The van der Waals surface area contributed by atoms with Crippen LogP contribution in [0.3, 0.4) is 0 Å². The van der Waals surface area contributed by atoms with Gasteiger partial charge in [-0.2, -0.15) is 5.10 Å². The molecule has 5 rings (SSSR count). The number of amides is 1. The zero-order chi connectivity index (χ0) is 27.5. The van der Waals surface area contributed by atoms with Crippen molar-refractivity contribution in [3.05, 3.63) is 99.6 Å². The highest BCUT2D eigenvalue weighted by molar-refractivity contribution is 6.11. The van der Waals surface area contributed by atoms with E-state index in [1.165, 1.54) is 12.1 Å². The molecular formula is C29H25N5O5. The molecule has 2 N–H and O–H groups in total. The number of methoxy groups -OCH3 is 2. The highest BCUT2D eigenvalue weighted by atomic mass is 16.6. The largest absolute Gasteiger partial charge is 0.497 e. The molecule has 0 radical (unpaired) electrons. The Hall–Kier alpha value is -5.25. The first kappa shape index (κ1) is 25.4. The fourth-order valence-corrected chi connectivity index (χ4v) is 4.32. The summed E-state index contributed by atoms with van der Waals surface area (Å²) in [7, 11) is 3.11. The lowest BCUT2D eigenvalue weighted by atomic mass is 10.0. The number of aryl methyl sites for hydroxylation is 1. The van der Waals surface area contributed by atoms with Crippen molar-refractivity contribution in [2.75, 3.05) is 14.2 Å². The second kappa shape index (κ2) is 10.6. The van der Waals surface area contributed by atoms with Gasteiger partial charge >= 0.3 is 0 Å². The van der Waals surface area contributed by atoms with Crippen molar-refractivity contribution < 1.29 is 19.2 Å². The monoisotopic (exact) mass is 523 g/mol. The summed E-state index contributed by atoms with van der Waals surface area (Å²) in [6.45, 7) is 2.31. The van der Waals surface area contributed by atoms with Crippen molar-refractivity contribution in [3.8, 4) is 34.0 Å². The van der Waals surface area contributed by atoms with E-state index >= 15 is 0 Å². The minimum Gasteiger partial charge on any atom is -0.497 e. The number of ether oxygens (including phenoxy) is 2. The van der Waals surface area contributed by atoms with Crippen LogP contribution in [-0.4, -0.2) is 40.2 Å². The summed E-state index contributed by atoms with van der Waals surface area (Å²) in [4.78, 5) is 29.3. The summed E-state index contributed by atoms with van der Waals surface area (Å²) < 4.78 is 10.9. The molecule has 10 nitrogen and oxygen atoms in total. The normalized spacial score (nSPS) is 10.8. The zero-order valence-corrected chi connectivity index (χ0v) is 21.5. The number of benzene rings is 3. The van der Waals surface area contributed by atoms with Crippen LogP contribution in [0, 0.1) is 17.0 Å². The zero-order valence-electron chi connectivity index (χ0n) is 21.5. The van der Waals surface area contributed by atoms with E-state index in [0.29, 0.717) is 51.5 Å². The Bertz CT molecular complexity index is 1690. The Kier molecular flexibility index (Phi) is 6.92. The molecule has 0 fully saturated rings. The number of nitro groups is 1. The van der Waals surface area contributed by atoms with Crippen molar-refractivity contribution in [2.24, 2.45) is 0 Å². The van der Waals surface area contributed by atoms with Gasteiger partial charge in [0, 0.05) is 29.8 Å². The van der Waals surface area contributed by atoms with Crippen molar-refractivity contribution in [1.29, 1.82) is 0 Å². The first-order valence-electron chi connectivity index (χ1n) is 12.1. The molecule has 0 saturated heterocycles. The van der Waals surface area contributed by atoms with Gasteiger partial charge in [-0.3, -0.25) is 20.0 Å². The lowest BCUT2D eigenvalue weighted by Crippen LogP contribution is -2.23. The van der Waals surface area contributed by atoms with Gasteiger partial charge in [0.1, 0.15) is 11.5 Å². The van der Waals surface area contributed by atoms with E-state index in [0.717, 1.165) is 11.1 Å². The average Bonchev–Trinajstić information content (AvgIpc) is 3.40. The summed E-state index contributed by atoms with van der Waals surface area (Å²) in [6, 6.07) is 21.0. The van der Waals surface area contributed by atoms with E-state index in [4.69, 9.17) is 14.5 Å². The van der Waals surface area contributed by atoms with E-state index in [-0.39, 0.29) is 17.2 Å². The standard InChI is InChI=1S/C29H25N5O5/c1-17-7-9-18(10-8-17)16-30-29(35)23-15-24(22-14-21(38-2)11-12-25(22)39-3)31-28-26(23)27(32-33-28)19-5-4-6-20(13-19)34(36)37/h4-15H,16H2,1-3H3,(H,30,35)(H,31,32,33). The van der Waals surface area contributed by atoms with Crippen LogP contribution < -0.4 is 14.8 Å². The average molecular weight is 524 g/mol. The summed E-state index contributed by atoms with van der Waals surface area (Å²) in [5.74, 6) is 0.791. The highest BCUT2D eigenvalue weighted by Crippen LogP contribution is 2.37. The summed E-state index contributed by atoms with van der Waals surface area (Å²) >= 11 is 0. The Balaban J connectivity index is 1.66. The van der Waals surface area contributed by atoms with E-state index in [2.05, 4.69) is 15.5 Å². The number of fused-ring (bicyclic) bond motifs is 1. The lowest BCUT2D eigenvalue weighted by Gasteiger charge is -2.13. The molecule has 0 spiro atoms. The number of nitrogens with zero attached hydrogens (tertiary/aromatic N) is 3. The maximum Gasteiger partial charge on any atom is 0.270 e. The fraction of sp³-hybridized carbons (Fsp3) is 0.138. The van der Waals surface area contributed by atoms with Gasteiger partial charge in [0.05, 0.1) is 41.5 Å². The van der Waals surface area contributed by atoms with E-state index in [1.807, 2.05) is 31.2 Å². The Morgan fingerprint density at radius 1 is 1.03 bits per heavy atom. The van der Waals surface area contributed by atoms with Gasteiger partial charge in [-0.05, 0) is 36.8 Å². The minimum atomic E-state index is -0.470. The van der Waals surface area contributed by atoms with Gasteiger partial charge in [-0.1, -0.05) is 42.0 Å². The van der Waals surface area contributed by atoms with Crippen LogP contribution in [0.25, 0.3) is 33.5 Å². The second-order valence-corrected chi connectivity index (χ2v) is 8.89. The number of carbonyl (C=O) groups is 1. The highest BCUT2D eigenvalue weighted by Gasteiger charge is 2.22. The lowest BCUT2D eigenvalue weighted by molar-refractivity contribution is -0.384. The molecule has 0 bridgehead atoms. The third-order valence-corrected chi connectivity index (χ3v) is 6.37. The smallest absolute Gasteiger partial charge is 0.270 e. The number of H-pyrrole nitrogens is 1. The van der Waals surface area contributed by atoms with Gasteiger partial charge < -0.3 is 14.8 Å². The van der Waals surface area contributed by atoms with Gasteiger partial charge in [-0.15, -0.1) is 0 Å². The maximum atomic E-state index is 13.7. The molecule has 0 aliphatic heterocycles. The van der Waals surface area contributed by atoms with Crippen LogP contribution >= 0.6 is 0 Å². The molecule has 0 unspecified atom stereocenters. The van der Waals surface area contributed by atoms with E-state index in [1.54, 1.807) is 50.6 Å². The number of hydrogen-bond acceptors (Lipinski definition) is 7. The van der Waals surface area contributed by atoms with E-state index < -0.39 is 4.92 Å². The molecule has 0 saturated carbocycles. The quantitative estimate of drug-likeness (QED) is 0.204. The van der Waals surface area contributed by atoms with Gasteiger partial charge in [0.15, 0.2) is 5.65 Å². The Labute approximate surface area is 223 Å². The molecule has 5 aromatic rings. The number of hydrogen-bond donors (Lipinski definition) is 2. The Morgan fingerprint density at radius 3 is 2.54 bits per heavy atom. The molecule has 0 atom stereocenters. The van der Waals surface area contributed by atoms with Crippen LogP contribution in [0.15, 0.2) is 72.8 Å². The number of non-ortho nitro benzene ring substituents is 1. The first-order chi connectivity index (χ1) is 18.9. The number of rotatable bonds is 8. The molecule has 196 valence electrons. The van der Waals surface area contributed by atoms with Gasteiger partial charge in [0.2, 0.25) is 0 Å². The molecule has 39 heavy (non-hydrogen) atoms. The molecule has 0 aliphatic carbocycles. The summed E-state index contributed by atoms with van der Waals surface area (Å²) in [5.41, 5.74) is 4.60. The molecule has 2 heterocycles. The number of nitro benzene ring substituents is 1. The van der Waals surface area contributed by atoms with Crippen LogP contribution in [0.2, 0.25) is 0 Å². The predicted octanol–water partition coefficient (Wildman–Crippen LogP) is 5.46. The maximum absolute atomic E-state index is 13.7. The van der Waals surface area contributed by atoms with Crippen LogP contribution in [-0.2, 0) is 6.54 Å². The van der Waals surface area contributed by atoms with Crippen LogP contribution in [0.4, 0.5) is 5.69 Å². The fourth-order valence-electron chi connectivity index (χ4n) is 4.32.